The van der Waals surface area contributed by atoms with Crippen LogP contribution in [0.25, 0.3) is 11.1 Å². The summed E-state index contributed by atoms with van der Waals surface area (Å²) in [6.45, 7) is 2.73. The van der Waals surface area contributed by atoms with Crippen molar-refractivity contribution in [2.75, 3.05) is 11.5 Å². The van der Waals surface area contributed by atoms with E-state index < -0.39 is 9.84 Å². The molecule has 0 amide bonds. The number of hydrogen-bond acceptors (Lipinski definition) is 4. The van der Waals surface area contributed by atoms with Crippen molar-refractivity contribution in [2.45, 2.75) is 25.4 Å². The van der Waals surface area contributed by atoms with Crippen LogP contribution in [0.1, 0.15) is 18.2 Å². The van der Waals surface area contributed by atoms with Crippen molar-refractivity contribution >= 4 is 21.2 Å². The van der Waals surface area contributed by atoms with Crippen molar-refractivity contribution in [1.82, 2.24) is 5.32 Å². The Hall–Kier alpha value is -1.17. The van der Waals surface area contributed by atoms with Gasteiger partial charge in [0, 0.05) is 17.0 Å². The largest absolute Gasteiger partial charge is 0.306 e. The van der Waals surface area contributed by atoms with Crippen LogP contribution in [0.15, 0.2) is 41.8 Å². The normalized spacial score (nSPS) is 24.2. The fourth-order valence-corrected chi connectivity index (χ4v) is 5.66. The van der Waals surface area contributed by atoms with Crippen LogP contribution in [0.3, 0.4) is 0 Å². The summed E-state index contributed by atoms with van der Waals surface area (Å²) in [6, 6.07) is 12.5. The Morgan fingerprint density at radius 1 is 1.24 bits per heavy atom. The van der Waals surface area contributed by atoms with E-state index in [2.05, 4.69) is 28.9 Å². The molecule has 2 aromatic rings. The van der Waals surface area contributed by atoms with E-state index in [1.165, 1.54) is 16.0 Å². The number of thiophene rings is 1. The average Bonchev–Trinajstić information content (AvgIpc) is 3.03. The zero-order valence-corrected chi connectivity index (χ0v) is 13.6. The van der Waals surface area contributed by atoms with Crippen LogP contribution < -0.4 is 5.32 Å². The van der Waals surface area contributed by atoms with Gasteiger partial charge >= 0.3 is 0 Å². The highest BCUT2D eigenvalue weighted by atomic mass is 32.2. The molecule has 0 aliphatic carbocycles. The minimum Gasteiger partial charge on any atom is -0.306 e. The van der Waals surface area contributed by atoms with Gasteiger partial charge in [-0.05, 0) is 35.9 Å². The standard InChI is InChI=1S/C16H19NO2S2/c1-16(7-8-21(18,19)12-16)17-10-15-9-14(11-20-15)13-5-3-2-4-6-13/h2-6,9,11,17H,7-8,10,12H2,1H3. The zero-order valence-electron chi connectivity index (χ0n) is 12.0. The summed E-state index contributed by atoms with van der Waals surface area (Å²) in [6.07, 6.45) is 0.701. The monoisotopic (exact) mass is 321 g/mol. The molecule has 5 heteroatoms. The summed E-state index contributed by atoms with van der Waals surface area (Å²) >= 11 is 1.71. The third-order valence-electron chi connectivity index (χ3n) is 3.95. The quantitative estimate of drug-likeness (QED) is 0.941. The van der Waals surface area contributed by atoms with Gasteiger partial charge in [0.15, 0.2) is 9.84 Å². The first kappa shape index (κ1) is 14.8. The van der Waals surface area contributed by atoms with E-state index in [1.807, 2.05) is 25.1 Å². The van der Waals surface area contributed by atoms with Crippen LogP contribution in [-0.4, -0.2) is 25.5 Å². The third kappa shape index (κ3) is 3.54. The Labute approximate surface area is 129 Å². The van der Waals surface area contributed by atoms with Crippen LogP contribution >= 0.6 is 11.3 Å². The molecule has 21 heavy (non-hydrogen) atoms. The summed E-state index contributed by atoms with van der Waals surface area (Å²) in [5.74, 6) is 0.549. The number of hydrogen-bond donors (Lipinski definition) is 1. The predicted octanol–water partition coefficient (Wildman–Crippen LogP) is 3.08. The Morgan fingerprint density at radius 2 is 2.00 bits per heavy atom. The topological polar surface area (TPSA) is 46.2 Å². The summed E-state index contributed by atoms with van der Waals surface area (Å²) in [5, 5.41) is 5.58. The molecule has 1 fully saturated rings. The van der Waals surface area contributed by atoms with Crippen LogP contribution in [0.4, 0.5) is 0 Å². The molecule has 0 bridgehead atoms. The van der Waals surface area contributed by atoms with Crippen LogP contribution in [0.2, 0.25) is 0 Å². The summed E-state index contributed by atoms with van der Waals surface area (Å²) < 4.78 is 23.2. The maximum Gasteiger partial charge on any atom is 0.152 e. The van der Waals surface area contributed by atoms with Crippen molar-refractivity contribution < 1.29 is 8.42 Å². The van der Waals surface area contributed by atoms with Crippen molar-refractivity contribution in [3.8, 4) is 11.1 Å². The molecule has 112 valence electrons. The molecule has 1 unspecified atom stereocenters. The van der Waals surface area contributed by atoms with Gasteiger partial charge in [-0.3, -0.25) is 0 Å². The molecule has 0 saturated carbocycles. The number of benzene rings is 1. The molecular formula is C16H19NO2S2. The van der Waals surface area contributed by atoms with Gasteiger partial charge in [-0.2, -0.15) is 0 Å². The molecule has 1 aliphatic heterocycles. The van der Waals surface area contributed by atoms with Crippen molar-refractivity contribution in [3.63, 3.8) is 0 Å². The number of rotatable bonds is 4. The van der Waals surface area contributed by atoms with Gasteiger partial charge in [0.25, 0.3) is 0 Å². The van der Waals surface area contributed by atoms with Crippen molar-refractivity contribution in [1.29, 1.82) is 0 Å². The lowest BCUT2D eigenvalue weighted by Crippen LogP contribution is -2.42. The van der Waals surface area contributed by atoms with Crippen LogP contribution in [-0.2, 0) is 16.4 Å². The highest BCUT2D eigenvalue weighted by molar-refractivity contribution is 7.91. The SMILES string of the molecule is CC1(NCc2cc(-c3ccccc3)cs2)CCS(=O)(=O)C1. The third-order valence-corrected chi connectivity index (χ3v) is 6.79. The minimum atomic E-state index is -2.86. The molecule has 3 rings (SSSR count). The highest BCUT2D eigenvalue weighted by Gasteiger charge is 2.37. The maximum absolute atomic E-state index is 11.6. The molecule has 1 aromatic carbocycles. The van der Waals surface area contributed by atoms with Gasteiger partial charge < -0.3 is 5.32 Å². The van der Waals surface area contributed by atoms with Gasteiger partial charge in [-0.1, -0.05) is 30.3 Å². The van der Waals surface area contributed by atoms with Crippen LogP contribution in [0, 0.1) is 0 Å². The van der Waals surface area contributed by atoms with Gasteiger partial charge in [-0.25, -0.2) is 8.42 Å². The molecule has 1 aliphatic rings. The zero-order chi connectivity index (χ0) is 14.9. The van der Waals surface area contributed by atoms with Gasteiger partial charge in [0.1, 0.15) is 0 Å². The van der Waals surface area contributed by atoms with Gasteiger partial charge in [-0.15, -0.1) is 11.3 Å². The van der Waals surface area contributed by atoms with E-state index >= 15 is 0 Å². The molecule has 1 aromatic heterocycles. The predicted molar refractivity (Wildman–Crippen MR) is 88.3 cm³/mol. The molecule has 0 spiro atoms. The summed E-state index contributed by atoms with van der Waals surface area (Å²) in [4.78, 5) is 1.24. The highest BCUT2D eigenvalue weighted by Crippen LogP contribution is 2.27. The fourth-order valence-electron chi connectivity index (χ4n) is 2.71. The van der Waals surface area contributed by atoms with E-state index in [0.717, 1.165) is 6.54 Å². The van der Waals surface area contributed by atoms with E-state index in [0.29, 0.717) is 12.2 Å². The molecule has 0 radical (unpaired) electrons. The second-order valence-corrected chi connectivity index (χ2v) is 9.10. The second-order valence-electron chi connectivity index (χ2n) is 5.92. The van der Waals surface area contributed by atoms with Crippen molar-refractivity contribution in [3.05, 3.63) is 46.7 Å². The lowest BCUT2D eigenvalue weighted by Gasteiger charge is -2.23. The Bertz CT molecular complexity index is 722. The molecule has 3 nitrogen and oxygen atoms in total. The number of nitrogens with one attached hydrogen (secondary N) is 1. The molecule has 2 heterocycles. The van der Waals surface area contributed by atoms with E-state index in [-0.39, 0.29) is 11.3 Å². The first-order valence-corrected chi connectivity index (χ1v) is 9.74. The van der Waals surface area contributed by atoms with E-state index in [1.54, 1.807) is 11.3 Å². The maximum atomic E-state index is 11.6. The first-order valence-electron chi connectivity index (χ1n) is 7.04. The number of sulfone groups is 1. The first-order chi connectivity index (χ1) is 9.96. The van der Waals surface area contributed by atoms with Gasteiger partial charge in [0.05, 0.1) is 11.5 Å². The van der Waals surface area contributed by atoms with E-state index in [4.69, 9.17) is 0 Å². The fraction of sp³-hybridized carbons (Fsp3) is 0.375. The molecule has 1 saturated heterocycles. The Balaban J connectivity index is 1.66. The summed E-state index contributed by atoms with van der Waals surface area (Å²) in [7, 11) is -2.86. The van der Waals surface area contributed by atoms with Gasteiger partial charge in [0.2, 0.25) is 0 Å². The smallest absolute Gasteiger partial charge is 0.152 e. The molecule has 1 N–H and O–H groups in total. The molecule has 1 atom stereocenters. The lowest BCUT2D eigenvalue weighted by atomic mass is 10.0. The van der Waals surface area contributed by atoms with Crippen molar-refractivity contribution in [2.24, 2.45) is 0 Å². The minimum absolute atomic E-state index is 0.247. The molecular weight excluding hydrogens is 302 g/mol. The van der Waals surface area contributed by atoms with Crippen LogP contribution in [0.5, 0.6) is 0 Å². The lowest BCUT2D eigenvalue weighted by molar-refractivity contribution is 0.397. The van der Waals surface area contributed by atoms with E-state index in [9.17, 15) is 8.42 Å². The Morgan fingerprint density at radius 3 is 2.67 bits per heavy atom. The Kier molecular flexibility index (Phi) is 3.90. The summed E-state index contributed by atoms with van der Waals surface area (Å²) in [5.41, 5.74) is 2.16. The average molecular weight is 321 g/mol. The second kappa shape index (κ2) is 5.55.